The van der Waals surface area contributed by atoms with E-state index in [1.54, 1.807) is 0 Å². The van der Waals surface area contributed by atoms with Crippen LogP contribution in [0.5, 0.6) is 0 Å². The van der Waals surface area contributed by atoms with Gasteiger partial charge in [-0.1, -0.05) is 27.2 Å². The maximum Gasteiger partial charge on any atom is 0.238 e. The van der Waals surface area contributed by atoms with Gasteiger partial charge in [0.1, 0.15) is 5.41 Å². The van der Waals surface area contributed by atoms with Gasteiger partial charge < -0.3 is 10.6 Å². The first-order valence-corrected chi connectivity index (χ1v) is 6.99. The van der Waals surface area contributed by atoms with Crippen molar-refractivity contribution in [2.24, 2.45) is 22.5 Å². The first-order valence-electron chi connectivity index (χ1n) is 6.99. The van der Waals surface area contributed by atoms with Crippen LogP contribution in [0.4, 0.5) is 0 Å². The van der Waals surface area contributed by atoms with Crippen LogP contribution in [-0.4, -0.2) is 29.8 Å². The third-order valence-electron chi connectivity index (χ3n) is 5.20. The summed E-state index contributed by atoms with van der Waals surface area (Å²) in [5, 5.41) is 0. The summed E-state index contributed by atoms with van der Waals surface area (Å²) in [5.41, 5.74) is 4.72. The lowest BCUT2D eigenvalue weighted by Gasteiger charge is -2.28. The summed E-state index contributed by atoms with van der Waals surface area (Å²) >= 11 is 0. The minimum atomic E-state index is -0.850. The Bertz CT molecular complexity index is 376. The first-order chi connectivity index (χ1) is 8.39. The predicted octanol–water partition coefficient (Wildman–Crippen LogP) is 1.54. The van der Waals surface area contributed by atoms with Gasteiger partial charge in [-0.3, -0.25) is 9.59 Å². The molecule has 4 heteroatoms. The Morgan fingerprint density at radius 1 is 1.33 bits per heavy atom. The van der Waals surface area contributed by atoms with Crippen LogP contribution in [0.3, 0.4) is 0 Å². The maximum atomic E-state index is 12.5. The molecule has 2 fully saturated rings. The van der Waals surface area contributed by atoms with Gasteiger partial charge in [0, 0.05) is 13.1 Å². The van der Waals surface area contributed by atoms with Crippen LogP contribution < -0.4 is 5.73 Å². The number of carbonyl (C=O) groups excluding carboxylic acids is 2. The summed E-state index contributed by atoms with van der Waals surface area (Å²) in [6.45, 7) is 8.16. The van der Waals surface area contributed by atoms with E-state index in [2.05, 4.69) is 20.8 Å². The summed E-state index contributed by atoms with van der Waals surface area (Å²) in [5.74, 6) is 0.0754. The lowest BCUT2D eigenvalue weighted by atomic mass is 9.76. The zero-order valence-electron chi connectivity index (χ0n) is 11.7. The molecule has 1 saturated heterocycles. The van der Waals surface area contributed by atoms with Gasteiger partial charge in [0.2, 0.25) is 11.8 Å². The molecule has 4 nitrogen and oxygen atoms in total. The van der Waals surface area contributed by atoms with Crippen molar-refractivity contribution in [1.29, 1.82) is 0 Å². The molecule has 2 amide bonds. The van der Waals surface area contributed by atoms with Gasteiger partial charge in [-0.25, -0.2) is 0 Å². The summed E-state index contributed by atoms with van der Waals surface area (Å²) in [4.78, 5) is 25.8. The van der Waals surface area contributed by atoms with Crippen molar-refractivity contribution >= 4 is 11.8 Å². The highest BCUT2D eigenvalue weighted by atomic mass is 16.2. The largest absolute Gasteiger partial charge is 0.369 e. The quantitative estimate of drug-likeness (QED) is 0.771. The van der Waals surface area contributed by atoms with Crippen molar-refractivity contribution in [3.63, 3.8) is 0 Å². The lowest BCUT2D eigenvalue weighted by molar-refractivity contribution is -0.142. The Morgan fingerprint density at radius 3 is 2.28 bits per heavy atom. The van der Waals surface area contributed by atoms with E-state index in [-0.39, 0.29) is 11.3 Å². The predicted molar refractivity (Wildman–Crippen MR) is 69.6 cm³/mol. The molecule has 1 heterocycles. The summed E-state index contributed by atoms with van der Waals surface area (Å²) in [6.07, 6.45) is 3.42. The monoisotopic (exact) mass is 252 g/mol. The molecule has 0 radical (unpaired) electrons. The Kier molecular flexibility index (Phi) is 3.16. The highest BCUT2D eigenvalue weighted by Crippen LogP contribution is 2.49. The first kappa shape index (κ1) is 13.4. The number of hydrogen-bond acceptors (Lipinski definition) is 2. The molecule has 18 heavy (non-hydrogen) atoms. The third-order valence-corrected chi connectivity index (χ3v) is 5.20. The Labute approximate surface area is 109 Å². The van der Waals surface area contributed by atoms with Crippen LogP contribution in [0.15, 0.2) is 0 Å². The van der Waals surface area contributed by atoms with Gasteiger partial charge in [-0.05, 0) is 30.6 Å². The Hall–Kier alpha value is -1.06. The van der Waals surface area contributed by atoms with Crippen LogP contribution in [0.1, 0.15) is 46.5 Å². The van der Waals surface area contributed by atoms with Crippen molar-refractivity contribution in [2.75, 3.05) is 13.1 Å². The van der Waals surface area contributed by atoms with E-state index in [1.165, 1.54) is 0 Å². The Balaban J connectivity index is 2.13. The van der Waals surface area contributed by atoms with Crippen molar-refractivity contribution in [3.05, 3.63) is 0 Å². The molecule has 1 aliphatic heterocycles. The van der Waals surface area contributed by atoms with Gasteiger partial charge in [0.05, 0.1) is 0 Å². The van der Waals surface area contributed by atoms with E-state index in [4.69, 9.17) is 5.73 Å². The third kappa shape index (κ3) is 1.82. The highest BCUT2D eigenvalue weighted by Gasteiger charge is 2.58. The second-order valence-corrected chi connectivity index (χ2v) is 6.24. The minimum absolute atomic E-state index is 0.0226. The Morgan fingerprint density at radius 2 is 1.94 bits per heavy atom. The van der Waals surface area contributed by atoms with Crippen molar-refractivity contribution in [3.8, 4) is 0 Å². The highest BCUT2D eigenvalue weighted by molar-refractivity contribution is 6.07. The van der Waals surface area contributed by atoms with E-state index < -0.39 is 11.3 Å². The van der Waals surface area contributed by atoms with Crippen LogP contribution >= 0.6 is 0 Å². The summed E-state index contributed by atoms with van der Waals surface area (Å²) in [7, 11) is 0. The van der Waals surface area contributed by atoms with E-state index >= 15 is 0 Å². The lowest BCUT2D eigenvalue weighted by Crippen LogP contribution is -2.43. The molecule has 1 saturated carbocycles. The van der Waals surface area contributed by atoms with Crippen LogP contribution in [0.2, 0.25) is 0 Å². The SMILES string of the molecule is CCC1CN(C(=O)C2(C(N)=O)CC2)CC1(C)CC. The molecule has 102 valence electrons. The topological polar surface area (TPSA) is 63.4 Å². The van der Waals surface area contributed by atoms with Gasteiger partial charge in [-0.15, -0.1) is 0 Å². The molecule has 0 aromatic heterocycles. The fourth-order valence-corrected chi connectivity index (χ4v) is 3.29. The molecule has 1 aliphatic carbocycles. The zero-order valence-corrected chi connectivity index (χ0v) is 11.7. The maximum absolute atomic E-state index is 12.5. The minimum Gasteiger partial charge on any atom is -0.369 e. The van der Waals surface area contributed by atoms with Crippen molar-refractivity contribution in [1.82, 2.24) is 4.90 Å². The number of nitrogens with two attached hydrogens (primary N) is 1. The molecule has 2 rings (SSSR count). The number of rotatable bonds is 4. The standard InChI is InChI=1S/C14H24N2O2/c1-4-10-8-16(9-13(10,3)5-2)12(18)14(6-7-14)11(15)17/h10H,4-9H2,1-3H3,(H2,15,17). The van der Waals surface area contributed by atoms with Crippen LogP contribution in [0.25, 0.3) is 0 Å². The second-order valence-electron chi connectivity index (χ2n) is 6.24. The molecule has 0 aromatic rings. The van der Waals surface area contributed by atoms with E-state index in [9.17, 15) is 9.59 Å². The number of carbonyl (C=O) groups is 2. The van der Waals surface area contributed by atoms with Crippen LogP contribution in [0, 0.1) is 16.7 Å². The van der Waals surface area contributed by atoms with Crippen molar-refractivity contribution < 1.29 is 9.59 Å². The van der Waals surface area contributed by atoms with E-state index in [0.717, 1.165) is 25.9 Å². The van der Waals surface area contributed by atoms with Gasteiger partial charge in [-0.2, -0.15) is 0 Å². The van der Waals surface area contributed by atoms with E-state index in [0.29, 0.717) is 18.8 Å². The molecule has 0 bridgehead atoms. The molecule has 2 unspecified atom stereocenters. The molecule has 0 spiro atoms. The normalized spacial score (nSPS) is 33.5. The number of nitrogens with zero attached hydrogens (tertiary/aromatic N) is 1. The van der Waals surface area contributed by atoms with Crippen molar-refractivity contribution in [2.45, 2.75) is 46.5 Å². The molecular formula is C14H24N2O2. The number of amides is 2. The molecule has 2 N–H and O–H groups in total. The average Bonchev–Trinajstić information content (AvgIpc) is 3.08. The number of hydrogen-bond donors (Lipinski definition) is 1. The molecular weight excluding hydrogens is 228 g/mol. The van der Waals surface area contributed by atoms with Gasteiger partial charge in [0.25, 0.3) is 0 Å². The molecule has 0 aromatic carbocycles. The smallest absolute Gasteiger partial charge is 0.238 e. The van der Waals surface area contributed by atoms with E-state index in [1.807, 2.05) is 4.90 Å². The fourth-order valence-electron chi connectivity index (χ4n) is 3.29. The fraction of sp³-hybridized carbons (Fsp3) is 0.857. The number of primary amides is 1. The van der Waals surface area contributed by atoms with Crippen LogP contribution in [-0.2, 0) is 9.59 Å². The van der Waals surface area contributed by atoms with Gasteiger partial charge >= 0.3 is 0 Å². The summed E-state index contributed by atoms with van der Waals surface area (Å²) < 4.78 is 0. The average molecular weight is 252 g/mol. The number of likely N-dealkylation sites (tertiary alicyclic amines) is 1. The second kappa shape index (κ2) is 4.25. The molecule has 2 atom stereocenters. The summed E-state index contributed by atoms with van der Waals surface area (Å²) in [6, 6.07) is 0. The van der Waals surface area contributed by atoms with Gasteiger partial charge in [0.15, 0.2) is 0 Å². The molecule has 2 aliphatic rings. The zero-order chi connectivity index (χ0) is 13.6.